The Bertz CT molecular complexity index is 686. The molecule has 2 heterocycles. The fourth-order valence-electron chi connectivity index (χ4n) is 1.78. The Hall–Kier alpha value is -1.68. The van der Waals surface area contributed by atoms with Crippen LogP contribution in [0.1, 0.15) is 33.2 Å². The number of aromatic nitrogens is 2. The molecule has 10 heteroatoms. The van der Waals surface area contributed by atoms with Crippen molar-refractivity contribution in [3.05, 3.63) is 31.7 Å². The Morgan fingerprint density at radius 3 is 2.50 bits per heavy atom. The van der Waals surface area contributed by atoms with Gasteiger partial charge >= 0.3 is 6.18 Å². The zero-order chi connectivity index (χ0) is 17.7. The minimum atomic E-state index is -4.41. The summed E-state index contributed by atoms with van der Waals surface area (Å²) in [7, 11) is 0. The molecule has 0 saturated heterocycles. The summed E-state index contributed by atoms with van der Waals surface area (Å²) >= 11 is 2.56. The minimum absolute atomic E-state index is 0.183. The number of aryl methyl sites for hydroxylation is 2. The van der Waals surface area contributed by atoms with Gasteiger partial charge in [-0.3, -0.25) is 0 Å². The van der Waals surface area contributed by atoms with E-state index >= 15 is 0 Å². The number of nitrogens with zero attached hydrogens (tertiary/aromatic N) is 3. The van der Waals surface area contributed by atoms with Crippen LogP contribution in [-0.2, 0) is 19.3 Å². The summed E-state index contributed by atoms with van der Waals surface area (Å²) in [5, 5.41) is 8.31. The lowest BCUT2D eigenvalue weighted by atomic mass is 10.4. The second kappa shape index (κ2) is 7.93. The number of rotatable bonds is 5. The zero-order valence-electron chi connectivity index (χ0n) is 13.5. The highest BCUT2D eigenvalue weighted by atomic mass is 32.1. The van der Waals surface area contributed by atoms with Crippen molar-refractivity contribution >= 4 is 28.6 Å². The van der Waals surface area contributed by atoms with E-state index in [4.69, 9.17) is 0 Å². The van der Waals surface area contributed by atoms with Crippen LogP contribution in [0.3, 0.4) is 0 Å². The van der Waals surface area contributed by atoms with Gasteiger partial charge in [0, 0.05) is 16.8 Å². The monoisotopic (exact) mass is 377 g/mol. The summed E-state index contributed by atoms with van der Waals surface area (Å²) in [6, 6.07) is 0. The molecule has 0 aromatic carbocycles. The lowest BCUT2D eigenvalue weighted by molar-refractivity contribution is -0.140. The Morgan fingerprint density at radius 1 is 1.21 bits per heavy atom. The van der Waals surface area contributed by atoms with Crippen molar-refractivity contribution in [2.75, 3.05) is 6.54 Å². The van der Waals surface area contributed by atoms with Crippen LogP contribution in [0.15, 0.2) is 10.4 Å². The first-order valence-electron chi connectivity index (χ1n) is 7.26. The largest absolute Gasteiger partial charge is 0.434 e. The SMILES string of the molecule is CCNC(=NCc1nc(C)c(C)s1)NCc1nc(C(F)(F)F)cs1. The van der Waals surface area contributed by atoms with Crippen LogP contribution in [0.4, 0.5) is 13.2 Å². The molecule has 132 valence electrons. The van der Waals surface area contributed by atoms with E-state index in [-0.39, 0.29) is 6.54 Å². The number of hydrogen-bond acceptors (Lipinski definition) is 5. The minimum Gasteiger partial charge on any atom is -0.357 e. The third-order valence-corrected chi connectivity index (χ3v) is 4.95. The van der Waals surface area contributed by atoms with Gasteiger partial charge in [-0.25, -0.2) is 15.0 Å². The first kappa shape index (κ1) is 18.7. The molecule has 2 aromatic heterocycles. The highest BCUT2D eigenvalue weighted by Crippen LogP contribution is 2.29. The molecule has 5 nitrogen and oxygen atoms in total. The molecule has 24 heavy (non-hydrogen) atoms. The van der Waals surface area contributed by atoms with Crippen molar-refractivity contribution in [2.45, 2.75) is 40.0 Å². The Labute approximate surface area is 146 Å². The van der Waals surface area contributed by atoms with Gasteiger partial charge in [-0.1, -0.05) is 0 Å². The van der Waals surface area contributed by atoms with Gasteiger partial charge in [0.05, 0.1) is 18.8 Å². The van der Waals surface area contributed by atoms with Crippen molar-refractivity contribution in [3.8, 4) is 0 Å². The lowest BCUT2D eigenvalue weighted by Gasteiger charge is -2.09. The fourth-order valence-corrected chi connectivity index (χ4v) is 3.38. The van der Waals surface area contributed by atoms with Crippen molar-refractivity contribution in [1.29, 1.82) is 0 Å². The van der Waals surface area contributed by atoms with Crippen LogP contribution in [0.25, 0.3) is 0 Å². The van der Waals surface area contributed by atoms with E-state index < -0.39 is 11.9 Å². The quantitative estimate of drug-likeness (QED) is 0.619. The third-order valence-electron chi connectivity index (χ3n) is 3.04. The molecular formula is C14H18F3N5S2. The van der Waals surface area contributed by atoms with Gasteiger partial charge in [0.15, 0.2) is 11.7 Å². The van der Waals surface area contributed by atoms with Crippen molar-refractivity contribution in [2.24, 2.45) is 4.99 Å². The van der Waals surface area contributed by atoms with Crippen LogP contribution in [0.2, 0.25) is 0 Å². The smallest absolute Gasteiger partial charge is 0.357 e. The van der Waals surface area contributed by atoms with Gasteiger partial charge < -0.3 is 10.6 Å². The number of halogens is 3. The second-order valence-electron chi connectivity index (χ2n) is 4.92. The average Bonchev–Trinajstić information content (AvgIpc) is 3.09. The maximum Gasteiger partial charge on any atom is 0.434 e. The Morgan fingerprint density at radius 2 is 1.96 bits per heavy atom. The van der Waals surface area contributed by atoms with Gasteiger partial charge in [-0.05, 0) is 20.8 Å². The second-order valence-corrected chi connectivity index (χ2v) is 7.15. The Balaban J connectivity index is 1.97. The molecule has 0 spiro atoms. The van der Waals surface area contributed by atoms with Crippen LogP contribution in [-0.4, -0.2) is 22.5 Å². The van der Waals surface area contributed by atoms with Gasteiger partial charge in [0.25, 0.3) is 0 Å². The molecule has 0 radical (unpaired) electrons. The third kappa shape index (κ3) is 5.17. The van der Waals surface area contributed by atoms with Gasteiger partial charge in [0.1, 0.15) is 10.0 Å². The lowest BCUT2D eigenvalue weighted by Crippen LogP contribution is -2.36. The molecule has 0 aliphatic rings. The van der Waals surface area contributed by atoms with Crippen LogP contribution in [0.5, 0.6) is 0 Å². The van der Waals surface area contributed by atoms with E-state index in [1.807, 2.05) is 20.8 Å². The van der Waals surface area contributed by atoms with Gasteiger partial charge in [-0.15, -0.1) is 22.7 Å². The van der Waals surface area contributed by atoms with Crippen molar-refractivity contribution < 1.29 is 13.2 Å². The number of nitrogens with one attached hydrogen (secondary N) is 2. The predicted octanol–water partition coefficient (Wildman–Crippen LogP) is 3.49. The molecule has 0 saturated carbocycles. The molecule has 0 atom stereocenters. The predicted molar refractivity (Wildman–Crippen MR) is 90.4 cm³/mol. The normalized spacial score (nSPS) is 12.5. The molecule has 0 bridgehead atoms. The first-order chi connectivity index (χ1) is 11.3. The maximum absolute atomic E-state index is 12.5. The summed E-state index contributed by atoms with van der Waals surface area (Å²) < 4.78 is 37.6. The summed E-state index contributed by atoms with van der Waals surface area (Å²) in [6.07, 6.45) is -4.41. The van der Waals surface area contributed by atoms with E-state index in [0.29, 0.717) is 24.1 Å². The van der Waals surface area contributed by atoms with E-state index in [1.54, 1.807) is 11.3 Å². The summed E-state index contributed by atoms with van der Waals surface area (Å²) in [5.74, 6) is 0.520. The maximum atomic E-state index is 12.5. The summed E-state index contributed by atoms with van der Waals surface area (Å²) in [6.45, 7) is 7.11. The molecule has 2 rings (SSSR count). The number of alkyl halides is 3. The molecular weight excluding hydrogens is 359 g/mol. The molecule has 2 aromatic rings. The highest BCUT2D eigenvalue weighted by molar-refractivity contribution is 7.11. The average molecular weight is 377 g/mol. The van der Waals surface area contributed by atoms with E-state index in [9.17, 15) is 13.2 Å². The molecule has 0 aliphatic heterocycles. The number of aliphatic imine (C=N–C) groups is 1. The first-order valence-corrected chi connectivity index (χ1v) is 8.96. The topological polar surface area (TPSA) is 62.2 Å². The van der Waals surface area contributed by atoms with Crippen LogP contribution in [0, 0.1) is 13.8 Å². The van der Waals surface area contributed by atoms with Crippen LogP contribution >= 0.6 is 22.7 Å². The van der Waals surface area contributed by atoms with Crippen molar-refractivity contribution in [3.63, 3.8) is 0 Å². The Kier molecular flexibility index (Phi) is 6.16. The molecule has 0 aliphatic carbocycles. The molecule has 0 fully saturated rings. The number of hydrogen-bond donors (Lipinski definition) is 2. The molecule has 0 unspecified atom stereocenters. The van der Waals surface area contributed by atoms with E-state index in [2.05, 4.69) is 25.6 Å². The highest BCUT2D eigenvalue weighted by Gasteiger charge is 2.33. The summed E-state index contributed by atoms with van der Waals surface area (Å²) in [5.41, 5.74) is 0.130. The molecule has 2 N–H and O–H groups in total. The van der Waals surface area contributed by atoms with Crippen molar-refractivity contribution in [1.82, 2.24) is 20.6 Å². The number of guanidine groups is 1. The standard InChI is InChI=1S/C14H18F3N5S2/c1-4-18-13(20-6-12-21-8(2)9(3)24-12)19-5-11-22-10(7-23-11)14(15,16)17/h7H,4-6H2,1-3H3,(H2,18,19,20). The zero-order valence-corrected chi connectivity index (χ0v) is 15.1. The molecule has 0 amide bonds. The van der Waals surface area contributed by atoms with E-state index in [1.165, 1.54) is 0 Å². The fraction of sp³-hybridized carbons (Fsp3) is 0.500. The van der Waals surface area contributed by atoms with Crippen LogP contribution < -0.4 is 10.6 Å². The van der Waals surface area contributed by atoms with Gasteiger partial charge in [-0.2, -0.15) is 13.2 Å². The van der Waals surface area contributed by atoms with Gasteiger partial charge in [0.2, 0.25) is 0 Å². The summed E-state index contributed by atoms with van der Waals surface area (Å²) in [4.78, 5) is 13.6. The van der Waals surface area contributed by atoms with E-state index in [0.717, 1.165) is 32.3 Å². The number of thiazole rings is 2.